The molecule has 0 spiro atoms. The number of ether oxygens (including phenoxy) is 2. The molecule has 2 heterocycles. The highest BCUT2D eigenvalue weighted by molar-refractivity contribution is 9.10. The summed E-state index contributed by atoms with van der Waals surface area (Å²) < 4.78 is 62.0. The van der Waals surface area contributed by atoms with Crippen molar-refractivity contribution in [3.63, 3.8) is 0 Å². The number of carbonyl (C=O) groups excluding carboxylic acids is 1. The van der Waals surface area contributed by atoms with Crippen LogP contribution < -0.4 is 15.2 Å². The molecule has 4 rings (SSSR count). The summed E-state index contributed by atoms with van der Waals surface area (Å²) in [5.74, 6) is -3.32. The van der Waals surface area contributed by atoms with Gasteiger partial charge in [0.2, 0.25) is 15.9 Å². The zero-order chi connectivity index (χ0) is 28.0. The monoisotopic (exact) mass is 631 g/mol. The fraction of sp³-hybridized carbons (Fsp3) is 0.375. The number of benzene rings is 2. The highest BCUT2D eigenvalue weighted by Gasteiger charge is 2.42. The van der Waals surface area contributed by atoms with Crippen molar-refractivity contribution in [3.05, 3.63) is 72.7 Å². The summed E-state index contributed by atoms with van der Waals surface area (Å²) in [4.78, 5) is 23.2. The molecule has 3 aromatic rings. The normalized spacial score (nSPS) is 18.8. The predicted octanol–water partition coefficient (Wildman–Crippen LogP) is 4.61. The highest BCUT2D eigenvalue weighted by Crippen LogP contribution is 2.47. The van der Waals surface area contributed by atoms with Crippen LogP contribution in [0.1, 0.15) is 61.7 Å². The van der Waals surface area contributed by atoms with Crippen LogP contribution in [0.5, 0.6) is 5.75 Å². The number of aromatic amines is 1. The van der Waals surface area contributed by atoms with E-state index in [1.807, 2.05) is 0 Å². The first-order valence-corrected chi connectivity index (χ1v) is 14.1. The smallest absolute Gasteiger partial charge is 0.434 e. The third kappa shape index (κ3) is 5.24. The summed E-state index contributed by atoms with van der Waals surface area (Å²) in [5, 5.41) is 6.06. The van der Waals surface area contributed by atoms with E-state index in [4.69, 9.17) is 25.5 Å². The summed E-state index contributed by atoms with van der Waals surface area (Å²) >= 11 is 9.79. The molecule has 0 radical (unpaired) electrons. The Balaban J connectivity index is 1.84. The number of sulfonamides is 1. The molecule has 0 amide bonds. The van der Waals surface area contributed by atoms with Crippen LogP contribution in [0.3, 0.4) is 0 Å². The molecule has 10 nitrogen and oxygen atoms in total. The van der Waals surface area contributed by atoms with Gasteiger partial charge in [0.1, 0.15) is 28.1 Å². The van der Waals surface area contributed by atoms with Crippen LogP contribution >= 0.6 is 27.5 Å². The average molecular weight is 633 g/mol. The van der Waals surface area contributed by atoms with Gasteiger partial charge >= 0.3 is 11.7 Å². The van der Waals surface area contributed by atoms with Crippen molar-refractivity contribution < 1.29 is 31.5 Å². The Morgan fingerprint density at radius 2 is 2.05 bits per heavy atom. The van der Waals surface area contributed by atoms with Gasteiger partial charge in [-0.1, -0.05) is 34.5 Å². The number of esters is 1. The van der Waals surface area contributed by atoms with Gasteiger partial charge in [-0.05, 0) is 49.2 Å². The van der Waals surface area contributed by atoms with Crippen molar-refractivity contribution in [2.45, 2.75) is 56.6 Å². The number of fused-ring (bicyclic) bond motifs is 1. The quantitative estimate of drug-likeness (QED) is 0.360. The van der Waals surface area contributed by atoms with Gasteiger partial charge in [0.05, 0.1) is 17.2 Å². The van der Waals surface area contributed by atoms with Crippen LogP contribution in [0.25, 0.3) is 0 Å². The van der Waals surface area contributed by atoms with Crippen LogP contribution in [0.15, 0.2) is 42.8 Å². The number of nitrogens with one attached hydrogen (secondary N) is 2. The first-order chi connectivity index (χ1) is 17.7. The molecule has 3 atom stereocenters. The minimum absolute atomic E-state index is 0.0517. The van der Waals surface area contributed by atoms with Gasteiger partial charge in [0, 0.05) is 23.7 Å². The van der Waals surface area contributed by atoms with Gasteiger partial charge in [-0.2, -0.15) is 4.72 Å². The molecule has 14 heteroatoms. The van der Waals surface area contributed by atoms with E-state index in [2.05, 4.69) is 30.8 Å². The van der Waals surface area contributed by atoms with Gasteiger partial charge < -0.3 is 13.9 Å². The SMILES string of the molecule is CC(=O)OC1(C)CCOc2c(S(=O)(=O)NC(c3n[nH]c(=O)o3)C(C)c3c(F)ccc(Br)c3C)ccc(Cl)c21. The minimum atomic E-state index is -4.45. The molecule has 1 aliphatic rings. The molecule has 2 N–H and O–H groups in total. The van der Waals surface area contributed by atoms with Gasteiger partial charge in [-0.25, -0.2) is 22.7 Å². The fourth-order valence-corrected chi connectivity index (χ4v) is 6.76. The van der Waals surface area contributed by atoms with Crippen LogP contribution in [0.2, 0.25) is 5.02 Å². The van der Waals surface area contributed by atoms with Crippen LogP contribution in [0.4, 0.5) is 4.39 Å². The number of hydrogen-bond acceptors (Lipinski definition) is 8. The zero-order valence-corrected chi connectivity index (χ0v) is 23.9. The first kappa shape index (κ1) is 28.3. The maximum absolute atomic E-state index is 15.0. The predicted molar refractivity (Wildman–Crippen MR) is 138 cm³/mol. The zero-order valence-electron chi connectivity index (χ0n) is 20.7. The fourth-order valence-electron chi connectivity index (χ4n) is 4.65. The van der Waals surface area contributed by atoms with Crippen LogP contribution in [0, 0.1) is 12.7 Å². The second-order valence-corrected chi connectivity index (χ2v) is 12.0. The number of rotatable bonds is 7. The van der Waals surface area contributed by atoms with Crippen molar-refractivity contribution >= 4 is 43.5 Å². The lowest BCUT2D eigenvalue weighted by atomic mass is 9.89. The van der Waals surface area contributed by atoms with Crippen molar-refractivity contribution in [1.29, 1.82) is 0 Å². The first-order valence-electron chi connectivity index (χ1n) is 11.4. The summed E-state index contributed by atoms with van der Waals surface area (Å²) in [7, 11) is -4.45. The molecule has 204 valence electrons. The maximum Gasteiger partial charge on any atom is 0.434 e. The molecule has 0 fully saturated rings. The van der Waals surface area contributed by atoms with E-state index in [9.17, 15) is 22.4 Å². The van der Waals surface area contributed by atoms with E-state index < -0.39 is 45.1 Å². The van der Waals surface area contributed by atoms with Crippen LogP contribution in [-0.4, -0.2) is 31.2 Å². The lowest BCUT2D eigenvalue weighted by molar-refractivity contribution is -0.159. The molecule has 0 saturated heterocycles. The minimum Gasteiger partial charge on any atom is -0.491 e. The molecule has 3 unspecified atom stereocenters. The molecule has 0 bridgehead atoms. The van der Waals surface area contributed by atoms with E-state index >= 15 is 0 Å². The third-order valence-corrected chi connectivity index (χ3v) is 9.08. The van der Waals surface area contributed by atoms with Crippen molar-refractivity contribution in [3.8, 4) is 5.75 Å². The lowest BCUT2D eigenvalue weighted by Crippen LogP contribution is -2.37. The Labute approximate surface area is 231 Å². The van der Waals surface area contributed by atoms with Gasteiger partial charge in [-0.15, -0.1) is 5.10 Å². The molecule has 38 heavy (non-hydrogen) atoms. The van der Waals surface area contributed by atoms with Crippen molar-refractivity contribution in [2.24, 2.45) is 0 Å². The van der Waals surface area contributed by atoms with E-state index in [1.165, 1.54) is 31.2 Å². The standard InChI is InChI=1S/C24H24BrClFN3O7S/c1-11-14(25)5-7-16(27)18(11)12(2)20(22-28-29-23(32)36-22)30-38(33,34)17-8-6-15(26)19-21(17)35-10-9-24(19,4)37-13(3)31/h5-8,12,20,30H,9-10H2,1-4H3,(H,29,32). The summed E-state index contributed by atoms with van der Waals surface area (Å²) in [6.07, 6.45) is 0.246. The number of halogens is 3. The number of nitrogens with zero attached hydrogens (tertiary/aromatic N) is 1. The average Bonchev–Trinajstić information content (AvgIpc) is 3.25. The molecule has 1 aliphatic heterocycles. The molecular formula is C24H24BrClFN3O7S. The van der Waals surface area contributed by atoms with E-state index in [1.54, 1.807) is 20.8 Å². The molecule has 2 aromatic carbocycles. The number of carbonyl (C=O) groups is 1. The molecule has 1 aromatic heterocycles. The molecular weight excluding hydrogens is 609 g/mol. The van der Waals surface area contributed by atoms with Crippen molar-refractivity contribution in [1.82, 2.24) is 14.9 Å². The highest BCUT2D eigenvalue weighted by atomic mass is 79.9. The number of aromatic nitrogens is 2. The molecule has 0 aliphatic carbocycles. The van der Waals surface area contributed by atoms with Gasteiger partial charge in [0.15, 0.2) is 0 Å². The number of hydrogen-bond donors (Lipinski definition) is 2. The van der Waals surface area contributed by atoms with Gasteiger partial charge in [0.25, 0.3) is 0 Å². The third-order valence-electron chi connectivity index (χ3n) is 6.44. The Morgan fingerprint density at radius 1 is 1.34 bits per heavy atom. The largest absolute Gasteiger partial charge is 0.491 e. The Hall–Kier alpha value is -2.74. The maximum atomic E-state index is 15.0. The second kappa shape index (κ2) is 10.4. The summed E-state index contributed by atoms with van der Waals surface area (Å²) in [6.45, 7) is 6.16. The topological polar surface area (TPSA) is 141 Å². The Morgan fingerprint density at radius 3 is 2.68 bits per heavy atom. The van der Waals surface area contributed by atoms with E-state index in [0.717, 1.165) is 0 Å². The lowest BCUT2D eigenvalue weighted by Gasteiger charge is -2.36. The van der Waals surface area contributed by atoms with E-state index in [0.29, 0.717) is 10.0 Å². The van der Waals surface area contributed by atoms with Crippen molar-refractivity contribution in [2.75, 3.05) is 6.61 Å². The summed E-state index contributed by atoms with van der Waals surface area (Å²) in [5.41, 5.74) is -0.313. The van der Waals surface area contributed by atoms with Gasteiger partial charge in [-0.3, -0.25) is 4.79 Å². The van der Waals surface area contributed by atoms with Crippen LogP contribution in [-0.2, 0) is 25.2 Å². The molecule has 0 saturated carbocycles. The second-order valence-electron chi connectivity index (χ2n) is 9.08. The van der Waals surface area contributed by atoms with E-state index in [-0.39, 0.29) is 45.7 Å². The number of H-pyrrole nitrogens is 1. The summed E-state index contributed by atoms with van der Waals surface area (Å²) in [6, 6.07) is 4.07. The Kier molecular flexibility index (Phi) is 7.77. The Bertz CT molecular complexity index is 1580.